The van der Waals surface area contributed by atoms with Crippen molar-refractivity contribution >= 4 is 17.5 Å². The van der Waals surface area contributed by atoms with Crippen molar-refractivity contribution in [2.75, 3.05) is 0 Å². The lowest BCUT2D eigenvalue weighted by molar-refractivity contribution is -0.132. The van der Waals surface area contributed by atoms with E-state index in [9.17, 15) is 9.90 Å². The molecule has 0 bridgehead atoms. The normalized spacial score (nSPS) is 14.8. The molecule has 6 heteroatoms. The minimum Gasteiger partial charge on any atom is -0.384 e. The number of aliphatic hydroxyl groups excluding tert-OH is 2. The standard InChI is InChI=1S/C8H9ClN2O3/c9-4-1-2-11-5(3-4)6(12)7(13)8(10)14/h1-3,6-7,12-13H,(H2,10,14). The van der Waals surface area contributed by atoms with Gasteiger partial charge >= 0.3 is 0 Å². The number of hydrogen-bond acceptors (Lipinski definition) is 4. The zero-order valence-corrected chi connectivity index (χ0v) is 7.85. The number of aromatic nitrogens is 1. The summed E-state index contributed by atoms with van der Waals surface area (Å²) in [5, 5.41) is 18.9. The summed E-state index contributed by atoms with van der Waals surface area (Å²) in [5.41, 5.74) is 4.90. The number of aliphatic hydroxyl groups is 2. The minimum absolute atomic E-state index is 0.101. The first-order valence-electron chi connectivity index (χ1n) is 3.79. The highest BCUT2D eigenvalue weighted by molar-refractivity contribution is 6.30. The lowest BCUT2D eigenvalue weighted by atomic mass is 10.1. The molecule has 0 saturated heterocycles. The van der Waals surface area contributed by atoms with Crippen molar-refractivity contribution in [1.29, 1.82) is 0 Å². The maximum atomic E-state index is 10.6. The van der Waals surface area contributed by atoms with Gasteiger partial charge in [-0.15, -0.1) is 0 Å². The monoisotopic (exact) mass is 216 g/mol. The van der Waals surface area contributed by atoms with Crippen molar-refractivity contribution in [2.24, 2.45) is 5.73 Å². The summed E-state index contributed by atoms with van der Waals surface area (Å²) in [7, 11) is 0. The van der Waals surface area contributed by atoms with Crippen LogP contribution in [0.2, 0.25) is 5.02 Å². The summed E-state index contributed by atoms with van der Waals surface area (Å²) < 4.78 is 0. The van der Waals surface area contributed by atoms with Crippen LogP contribution in [0.5, 0.6) is 0 Å². The summed E-state index contributed by atoms with van der Waals surface area (Å²) in [6.07, 6.45) is -1.78. The number of carbonyl (C=O) groups excluding carboxylic acids is 1. The Morgan fingerprint density at radius 3 is 2.71 bits per heavy atom. The molecule has 5 nitrogen and oxygen atoms in total. The minimum atomic E-state index is -1.68. The van der Waals surface area contributed by atoms with E-state index in [1.807, 2.05) is 0 Å². The smallest absolute Gasteiger partial charge is 0.249 e. The van der Waals surface area contributed by atoms with Crippen LogP contribution in [0.25, 0.3) is 0 Å². The molecule has 0 saturated carbocycles. The molecule has 0 fully saturated rings. The van der Waals surface area contributed by atoms with Crippen molar-refractivity contribution in [1.82, 2.24) is 4.98 Å². The molecule has 0 spiro atoms. The van der Waals surface area contributed by atoms with E-state index in [1.54, 1.807) is 0 Å². The lowest BCUT2D eigenvalue weighted by Crippen LogP contribution is -2.34. The molecule has 0 aliphatic carbocycles. The van der Waals surface area contributed by atoms with Crippen LogP contribution in [-0.2, 0) is 4.79 Å². The SMILES string of the molecule is NC(=O)C(O)C(O)c1cc(Cl)ccn1. The number of nitrogens with two attached hydrogens (primary N) is 1. The van der Waals surface area contributed by atoms with Gasteiger partial charge < -0.3 is 15.9 Å². The van der Waals surface area contributed by atoms with Crippen molar-refractivity contribution < 1.29 is 15.0 Å². The van der Waals surface area contributed by atoms with E-state index in [2.05, 4.69) is 4.98 Å². The van der Waals surface area contributed by atoms with E-state index in [4.69, 9.17) is 22.4 Å². The van der Waals surface area contributed by atoms with Crippen LogP contribution in [0.4, 0.5) is 0 Å². The maximum absolute atomic E-state index is 10.6. The number of hydrogen-bond donors (Lipinski definition) is 3. The quantitative estimate of drug-likeness (QED) is 0.641. The van der Waals surface area contributed by atoms with Gasteiger partial charge in [0.15, 0.2) is 6.10 Å². The molecule has 2 atom stereocenters. The Kier molecular flexibility index (Phi) is 3.40. The topological polar surface area (TPSA) is 96.4 Å². The number of carbonyl (C=O) groups is 1. The summed E-state index contributed by atoms with van der Waals surface area (Å²) in [4.78, 5) is 14.3. The molecule has 0 aromatic carbocycles. The molecule has 0 aliphatic heterocycles. The van der Waals surface area contributed by atoms with Gasteiger partial charge in [0.05, 0.1) is 5.69 Å². The van der Waals surface area contributed by atoms with Gasteiger partial charge in [-0.25, -0.2) is 0 Å². The first-order chi connectivity index (χ1) is 6.52. The first kappa shape index (κ1) is 10.9. The number of primary amides is 1. The molecule has 2 unspecified atom stereocenters. The number of nitrogens with zero attached hydrogens (tertiary/aromatic N) is 1. The van der Waals surface area contributed by atoms with Crippen molar-refractivity contribution in [2.45, 2.75) is 12.2 Å². The Labute approximate surface area is 85.1 Å². The molecule has 76 valence electrons. The Balaban J connectivity index is 2.89. The van der Waals surface area contributed by atoms with Crippen LogP contribution in [-0.4, -0.2) is 27.2 Å². The van der Waals surface area contributed by atoms with Crippen LogP contribution < -0.4 is 5.73 Å². The third kappa shape index (κ3) is 2.41. The van der Waals surface area contributed by atoms with Gasteiger partial charge in [-0.2, -0.15) is 0 Å². The van der Waals surface area contributed by atoms with E-state index >= 15 is 0 Å². The van der Waals surface area contributed by atoms with E-state index in [-0.39, 0.29) is 5.69 Å². The second-order valence-electron chi connectivity index (χ2n) is 2.69. The first-order valence-corrected chi connectivity index (χ1v) is 4.17. The maximum Gasteiger partial charge on any atom is 0.249 e. The second kappa shape index (κ2) is 4.36. The molecule has 1 rings (SSSR count). The van der Waals surface area contributed by atoms with Gasteiger partial charge in [0, 0.05) is 11.2 Å². The Morgan fingerprint density at radius 1 is 1.57 bits per heavy atom. The van der Waals surface area contributed by atoms with E-state index < -0.39 is 18.1 Å². The van der Waals surface area contributed by atoms with Gasteiger partial charge in [0.25, 0.3) is 0 Å². The predicted molar refractivity (Wildman–Crippen MR) is 49.4 cm³/mol. The van der Waals surface area contributed by atoms with Crippen LogP contribution in [0, 0.1) is 0 Å². The van der Waals surface area contributed by atoms with E-state index in [1.165, 1.54) is 18.3 Å². The molecule has 1 aromatic rings. The molecule has 1 amide bonds. The van der Waals surface area contributed by atoms with Gasteiger partial charge in [-0.3, -0.25) is 9.78 Å². The second-order valence-corrected chi connectivity index (χ2v) is 3.13. The summed E-state index contributed by atoms with van der Waals surface area (Å²) in [6.45, 7) is 0. The number of rotatable bonds is 3. The van der Waals surface area contributed by atoms with Crippen molar-refractivity contribution in [3.05, 3.63) is 29.0 Å². The zero-order chi connectivity index (χ0) is 10.7. The highest BCUT2D eigenvalue weighted by Gasteiger charge is 2.24. The summed E-state index contributed by atoms with van der Waals surface area (Å²) in [6, 6.07) is 2.85. The highest BCUT2D eigenvalue weighted by Crippen LogP contribution is 2.17. The van der Waals surface area contributed by atoms with Gasteiger partial charge in [0.1, 0.15) is 6.10 Å². The largest absolute Gasteiger partial charge is 0.384 e. The van der Waals surface area contributed by atoms with Crippen molar-refractivity contribution in [3.63, 3.8) is 0 Å². The molecule has 1 aromatic heterocycles. The molecule has 0 aliphatic rings. The number of halogens is 1. The van der Waals surface area contributed by atoms with E-state index in [0.717, 1.165) is 0 Å². The average molecular weight is 217 g/mol. The molecule has 1 heterocycles. The molecular weight excluding hydrogens is 208 g/mol. The van der Waals surface area contributed by atoms with Crippen LogP contribution in [0.1, 0.15) is 11.8 Å². The fraction of sp³-hybridized carbons (Fsp3) is 0.250. The Morgan fingerprint density at radius 2 is 2.21 bits per heavy atom. The van der Waals surface area contributed by atoms with E-state index in [0.29, 0.717) is 5.02 Å². The molecule has 4 N–H and O–H groups in total. The van der Waals surface area contributed by atoms with Crippen LogP contribution >= 0.6 is 11.6 Å². The van der Waals surface area contributed by atoms with Gasteiger partial charge in [-0.1, -0.05) is 11.6 Å². The van der Waals surface area contributed by atoms with Gasteiger partial charge in [-0.05, 0) is 12.1 Å². The Hall–Kier alpha value is -1.17. The van der Waals surface area contributed by atoms with Crippen molar-refractivity contribution in [3.8, 4) is 0 Å². The van der Waals surface area contributed by atoms with Gasteiger partial charge in [0.2, 0.25) is 5.91 Å². The third-order valence-electron chi connectivity index (χ3n) is 1.64. The van der Waals surface area contributed by atoms with Crippen LogP contribution in [0.3, 0.4) is 0 Å². The average Bonchev–Trinajstić information content (AvgIpc) is 2.15. The fourth-order valence-electron chi connectivity index (χ4n) is 0.900. The summed E-state index contributed by atoms with van der Waals surface area (Å²) in [5.74, 6) is -1.01. The third-order valence-corrected chi connectivity index (χ3v) is 1.87. The highest BCUT2D eigenvalue weighted by atomic mass is 35.5. The molecular formula is C8H9ClN2O3. The zero-order valence-electron chi connectivity index (χ0n) is 7.09. The molecule has 14 heavy (non-hydrogen) atoms. The Bertz CT molecular complexity index is 345. The summed E-state index contributed by atoms with van der Waals surface area (Å²) >= 11 is 5.62. The number of amides is 1. The lowest BCUT2D eigenvalue weighted by Gasteiger charge is -2.13. The van der Waals surface area contributed by atoms with Crippen LogP contribution in [0.15, 0.2) is 18.3 Å². The predicted octanol–water partition coefficient (Wildman–Crippen LogP) is -0.385. The molecule has 0 radical (unpaired) electrons. The number of pyridine rings is 1. The fourth-order valence-corrected chi connectivity index (χ4v) is 1.07.